The molecule has 0 aromatic heterocycles. The third kappa shape index (κ3) is 3.55. The summed E-state index contributed by atoms with van der Waals surface area (Å²) in [5, 5.41) is 2.30. The molecule has 0 aliphatic heterocycles. The van der Waals surface area contributed by atoms with Crippen molar-refractivity contribution in [1.29, 1.82) is 0 Å². The third-order valence-corrected chi connectivity index (χ3v) is 0.663. The Morgan fingerprint density at radius 1 is 1.86 bits per heavy atom. The van der Waals surface area contributed by atoms with E-state index in [1.54, 1.807) is 0 Å². The summed E-state index contributed by atoms with van der Waals surface area (Å²) < 4.78 is 0. The minimum Gasteiger partial charge on any atom is -0.343 e. The predicted molar refractivity (Wildman–Crippen MR) is 27.9 cm³/mol. The molecule has 0 aliphatic rings. The molecular formula is C3H7ClN2O. The average Bonchev–Trinajstić information content (AvgIpc) is 1.68. The predicted octanol–water partition coefficient (Wildman–Crippen LogP) is -0.742. The van der Waals surface area contributed by atoms with Gasteiger partial charge < -0.3 is 11.1 Å². The maximum absolute atomic E-state index is 10.1. The summed E-state index contributed by atoms with van der Waals surface area (Å²) >= 11 is 5.06. The first kappa shape index (κ1) is 6.72. The molecule has 0 saturated carbocycles. The summed E-state index contributed by atoms with van der Waals surface area (Å²) in [6, 6.07) is 0. The largest absolute Gasteiger partial charge is 0.343 e. The summed E-state index contributed by atoms with van der Waals surface area (Å²) in [6.07, 6.45) is 0. The number of nitrogens with one attached hydrogen (secondary N) is 1. The lowest BCUT2D eigenvalue weighted by atomic mass is 10.7. The quantitative estimate of drug-likeness (QED) is 0.374. The van der Waals surface area contributed by atoms with Crippen molar-refractivity contribution in [2.45, 2.75) is 0 Å². The van der Waals surface area contributed by atoms with Crippen LogP contribution in [0, 0.1) is 0 Å². The van der Waals surface area contributed by atoms with Gasteiger partial charge in [-0.3, -0.25) is 4.79 Å². The van der Waals surface area contributed by atoms with Gasteiger partial charge in [0.05, 0.1) is 6.67 Å². The summed E-state index contributed by atoms with van der Waals surface area (Å²) in [6.45, 7) is 0.158. The van der Waals surface area contributed by atoms with Gasteiger partial charge in [0.15, 0.2) is 0 Å². The van der Waals surface area contributed by atoms with Gasteiger partial charge in [0.2, 0.25) is 5.91 Å². The van der Waals surface area contributed by atoms with E-state index in [4.69, 9.17) is 17.3 Å². The molecule has 3 N–H and O–H groups in total. The van der Waals surface area contributed by atoms with Gasteiger partial charge >= 0.3 is 0 Å². The molecule has 4 heteroatoms. The van der Waals surface area contributed by atoms with E-state index < -0.39 is 0 Å². The summed E-state index contributed by atoms with van der Waals surface area (Å²) in [4.78, 5) is 10.1. The number of carbonyl (C=O) groups is 1. The molecule has 1 amide bonds. The van der Waals surface area contributed by atoms with Gasteiger partial charge in [0.1, 0.15) is 5.88 Å². The van der Waals surface area contributed by atoms with E-state index >= 15 is 0 Å². The molecule has 0 saturated heterocycles. The highest BCUT2D eigenvalue weighted by atomic mass is 35.5. The van der Waals surface area contributed by atoms with E-state index in [-0.39, 0.29) is 18.5 Å². The van der Waals surface area contributed by atoms with Gasteiger partial charge in [-0.25, -0.2) is 0 Å². The SMILES string of the molecule is NCNC(=O)CCl. The van der Waals surface area contributed by atoms with Crippen molar-refractivity contribution in [3.63, 3.8) is 0 Å². The normalized spacial score (nSPS) is 8.29. The number of nitrogens with two attached hydrogens (primary N) is 1. The van der Waals surface area contributed by atoms with Crippen LogP contribution in [0.3, 0.4) is 0 Å². The molecule has 42 valence electrons. The molecule has 0 aromatic rings. The second-order valence-corrected chi connectivity index (χ2v) is 1.20. The van der Waals surface area contributed by atoms with Gasteiger partial charge in [-0.1, -0.05) is 0 Å². The maximum atomic E-state index is 10.1. The molecule has 0 unspecified atom stereocenters. The lowest BCUT2D eigenvalue weighted by Gasteiger charge is -1.92. The van der Waals surface area contributed by atoms with Gasteiger partial charge in [-0.05, 0) is 0 Å². The molecule has 0 atom stereocenters. The molecule has 0 aliphatic carbocycles. The third-order valence-electron chi connectivity index (χ3n) is 0.421. The van der Waals surface area contributed by atoms with Crippen LogP contribution < -0.4 is 11.1 Å². The number of halogens is 1. The summed E-state index contributed by atoms with van der Waals surface area (Å²) in [7, 11) is 0. The highest BCUT2D eigenvalue weighted by molar-refractivity contribution is 6.27. The highest BCUT2D eigenvalue weighted by Gasteiger charge is 1.90. The average molecular weight is 123 g/mol. The van der Waals surface area contributed by atoms with Crippen molar-refractivity contribution in [3.8, 4) is 0 Å². The zero-order chi connectivity index (χ0) is 5.70. The minimum absolute atomic E-state index is 0.0167. The van der Waals surface area contributed by atoms with E-state index in [2.05, 4.69) is 5.32 Å². The van der Waals surface area contributed by atoms with Crippen LogP contribution in [0.4, 0.5) is 0 Å². The second kappa shape index (κ2) is 3.89. The first-order valence-electron chi connectivity index (χ1n) is 1.84. The topological polar surface area (TPSA) is 55.1 Å². The first-order valence-corrected chi connectivity index (χ1v) is 2.37. The fourth-order valence-corrected chi connectivity index (χ4v) is 0.256. The fraction of sp³-hybridized carbons (Fsp3) is 0.667. The Morgan fingerprint density at radius 3 is 2.57 bits per heavy atom. The van der Waals surface area contributed by atoms with Crippen LogP contribution in [0.2, 0.25) is 0 Å². The molecule has 7 heavy (non-hydrogen) atoms. The number of hydrogen-bond acceptors (Lipinski definition) is 2. The Kier molecular flexibility index (Phi) is 3.74. The van der Waals surface area contributed by atoms with Crippen molar-refractivity contribution in [3.05, 3.63) is 0 Å². The molecule has 0 spiro atoms. The van der Waals surface area contributed by atoms with Gasteiger partial charge in [0, 0.05) is 0 Å². The van der Waals surface area contributed by atoms with Crippen LogP contribution in [0.15, 0.2) is 0 Å². The highest BCUT2D eigenvalue weighted by Crippen LogP contribution is 1.69. The number of carbonyl (C=O) groups excluding carboxylic acids is 1. The van der Waals surface area contributed by atoms with Crippen molar-refractivity contribution < 1.29 is 4.79 Å². The number of hydrogen-bond donors (Lipinski definition) is 2. The van der Waals surface area contributed by atoms with Crippen LogP contribution >= 0.6 is 11.6 Å². The van der Waals surface area contributed by atoms with E-state index in [0.29, 0.717) is 0 Å². The number of rotatable bonds is 2. The van der Waals surface area contributed by atoms with E-state index in [9.17, 15) is 4.79 Å². The lowest BCUT2D eigenvalue weighted by molar-refractivity contribution is -0.118. The standard InChI is InChI=1S/C3H7ClN2O/c4-1-3(7)6-2-5/h1-2,5H2,(H,6,7). The van der Waals surface area contributed by atoms with Crippen molar-refractivity contribution in [1.82, 2.24) is 5.32 Å². The van der Waals surface area contributed by atoms with Crippen LogP contribution in [-0.4, -0.2) is 18.5 Å². The molecule has 0 aromatic carbocycles. The van der Waals surface area contributed by atoms with Crippen molar-refractivity contribution >= 4 is 17.5 Å². The summed E-state index contributed by atoms with van der Waals surface area (Å²) in [5.74, 6) is -0.249. The molecular weight excluding hydrogens is 115 g/mol. The lowest BCUT2D eigenvalue weighted by Crippen LogP contribution is -2.30. The van der Waals surface area contributed by atoms with E-state index in [1.807, 2.05) is 0 Å². The molecule has 3 nitrogen and oxygen atoms in total. The Hall–Kier alpha value is -0.280. The first-order chi connectivity index (χ1) is 3.31. The molecule has 0 bridgehead atoms. The van der Waals surface area contributed by atoms with Gasteiger partial charge in [0.25, 0.3) is 0 Å². The molecule has 0 fully saturated rings. The monoisotopic (exact) mass is 122 g/mol. The number of amides is 1. The smallest absolute Gasteiger partial charge is 0.235 e. The Bertz CT molecular complexity index is 66.0. The van der Waals surface area contributed by atoms with Gasteiger partial charge in [-0.15, -0.1) is 11.6 Å². The Balaban J connectivity index is 3.00. The number of alkyl halides is 1. The van der Waals surface area contributed by atoms with Gasteiger partial charge in [-0.2, -0.15) is 0 Å². The second-order valence-electron chi connectivity index (χ2n) is 0.938. The van der Waals surface area contributed by atoms with Crippen molar-refractivity contribution in [2.75, 3.05) is 12.5 Å². The zero-order valence-corrected chi connectivity index (χ0v) is 4.53. The molecule has 0 rings (SSSR count). The molecule has 0 radical (unpaired) electrons. The summed E-state index contributed by atoms with van der Waals surface area (Å²) in [5.41, 5.74) is 4.91. The van der Waals surface area contributed by atoms with Crippen LogP contribution in [-0.2, 0) is 4.79 Å². The van der Waals surface area contributed by atoms with Crippen LogP contribution in [0.1, 0.15) is 0 Å². The van der Waals surface area contributed by atoms with Crippen LogP contribution in [0.5, 0.6) is 0 Å². The Morgan fingerprint density at radius 2 is 2.43 bits per heavy atom. The minimum atomic E-state index is -0.232. The maximum Gasteiger partial charge on any atom is 0.235 e. The van der Waals surface area contributed by atoms with Crippen LogP contribution in [0.25, 0.3) is 0 Å². The fourth-order valence-electron chi connectivity index (χ4n) is 0.161. The zero-order valence-electron chi connectivity index (χ0n) is 3.78. The van der Waals surface area contributed by atoms with E-state index in [0.717, 1.165) is 0 Å². The van der Waals surface area contributed by atoms with Crippen molar-refractivity contribution in [2.24, 2.45) is 5.73 Å². The van der Waals surface area contributed by atoms with E-state index in [1.165, 1.54) is 0 Å². The Labute approximate surface area is 46.8 Å². The molecule has 0 heterocycles.